The topological polar surface area (TPSA) is 3.24 Å². The third-order valence-corrected chi connectivity index (χ3v) is 7.64. The number of hydrogen-bond donors (Lipinski definition) is 0. The highest BCUT2D eigenvalue weighted by Gasteiger charge is 2.52. The van der Waals surface area contributed by atoms with E-state index in [9.17, 15) is 0 Å². The minimum absolute atomic E-state index is 0.441. The third kappa shape index (κ3) is 1.97. The van der Waals surface area contributed by atoms with Gasteiger partial charge in [-0.1, -0.05) is 66.2 Å². The summed E-state index contributed by atoms with van der Waals surface area (Å²) in [4.78, 5) is 2.79. The fourth-order valence-corrected chi connectivity index (χ4v) is 6.49. The van der Waals surface area contributed by atoms with Crippen molar-refractivity contribution in [2.75, 3.05) is 0 Å². The van der Waals surface area contributed by atoms with Crippen molar-refractivity contribution in [2.24, 2.45) is 0 Å². The van der Waals surface area contributed by atoms with Gasteiger partial charge in [0, 0.05) is 23.8 Å². The molecule has 1 nitrogen and oxygen atoms in total. The van der Waals surface area contributed by atoms with Gasteiger partial charge in [0.2, 0.25) is 0 Å². The van der Waals surface area contributed by atoms with Gasteiger partial charge >= 0.3 is 0 Å². The van der Waals surface area contributed by atoms with E-state index < -0.39 is 0 Å². The Hall–Kier alpha value is -2.32. The first kappa shape index (κ1) is 16.6. The van der Waals surface area contributed by atoms with E-state index in [0.717, 1.165) is 6.42 Å². The second-order valence-corrected chi connectivity index (χ2v) is 8.89. The molecule has 2 aliphatic heterocycles. The van der Waals surface area contributed by atoms with Crippen molar-refractivity contribution < 1.29 is 0 Å². The first-order valence-electron chi connectivity index (χ1n) is 10.7. The van der Waals surface area contributed by atoms with Crippen molar-refractivity contribution in [1.82, 2.24) is 4.81 Å². The molecule has 138 valence electrons. The van der Waals surface area contributed by atoms with Crippen LogP contribution in [0.3, 0.4) is 0 Å². The quantitative estimate of drug-likeness (QED) is 0.446. The van der Waals surface area contributed by atoms with E-state index in [1.165, 1.54) is 23.1 Å². The van der Waals surface area contributed by atoms with Crippen LogP contribution in [0, 0.1) is 0 Å². The molecule has 0 aromatic heterocycles. The Kier molecular flexibility index (Phi) is 3.47. The van der Waals surface area contributed by atoms with E-state index >= 15 is 0 Å². The van der Waals surface area contributed by atoms with E-state index in [1.54, 1.807) is 22.2 Å². The fourth-order valence-electron chi connectivity index (χ4n) is 6.49. The van der Waals surface area contributed by atoms with Crippen molar-refractivity contribution in [2.45, 2.75) is 50.5 Å². The van der Waals surface area contributed by atoms with Crippen molar-refractivity contribution in [3.63, 3.8) is 0 Å². The van der Waals surface area contributed by atoms with Crippen LogP contribution in [-0.4, -0.2) is 11.7 Å². The van der Waals surface area contributed by atoms with Gasteiger partial charge in [0.25, 0.3) is 6.85 Å². The van der Waals surface area contributed by atoms with Crippen molar-refractivity contribution in [3.8, 4) is 0 Å². The van der Waals surface area contributed by atoms with Crippen LogP contribution in [0.2, 0.25) is 0 Å². The Morgan fingerprint density at radius 2 is 1.79 bits per heavy atom. The molecule has 4 aliphatic rings. The normalized spacial score (nSPS) is 28.6. The number of fused-ring (bicyclic) bond motifs is 3. The van der Waals surface area contributed by atoms with Gasteiger partial charge in [0.15, 0.2) is 0 Å². The molecule has 0 radical (unpaired) electrons. The van der Waals surface area contributed by atoms with Crippen LogP contribution < -0.4 is 0 Å². The maximum absolute atomic E-state index is 3.95. The molecule has 0 saturated carbocycles. The second-order valence-electron chi connectivity index (χ2n) is 8.89. The van der Waals surface area contributed by atoms with Crippen molar-refractivity contribution in [3.05, 3.63) is 94.6 Å². The summed E-state index contributed by atoms with van der Waals surface area (Å²) in [5, 5.41) is 0. The second kappa shape index (κ2) is 5.84. The van der Waals surface area contributed by atoms with E-state index in [0.29, 0.717) is 30.7 Å². The molecule has 2 aromatic carbocycles. The van der Waals surface area contributed by atoms with E-state index in [-0.39, 0.29) is 0 Å². The molecule has 6 rings (SSSR count). The van der Waals surface area contributed by atoms with E-state index in [4.69, 9.17) is 0 Å². The zero-order valence-electron chi connectivity index (χ0n) is 16.7. The van der Waals surface area contributed by atoms with Crippen LogP contribution in [-0.2, 0) is 0 Å². The maximum atomic E-state index is 3.95. The molecule has 2 aliphatic carbocycles. The van der Waals surface area contributed by atoms with Crippen LogP contribution in [0.4, 0.5) is 0 Å². The van der Waals surface area contributed by atoms with Gasteiger partial charge < -0.3 is 4.81 Å². The van der Waals surface area contributed by atoms with Gasteiger partial charge in [-0.3, -0.25) is 0 Å². The Balaban J connectivity index is 1.57. The summed E-state index contributed by atoms with van der Waals surface area (Å²) in [6.07, 6.45) is 11.7. The van der Waals surface area contributed by atoms with Crippen LogP contribution >= 0.6 is 0 Å². The smallest absolute Gasteiger partial charge is 0.270 e. The molecule has 0 N–H and O–H groups in total. The Morgan fingerprint density at radius 1 is 1.04 bits per heavy atom. The molecule has 2 aromatic rings. The minimum Gasteiger partial charge on any atom is -0.325 e. The van der Waals surface area contributed by atoms with Gasteiger partial charge in [0.05, 0.1) is 0 Å². The average molecular weight is 363 g/mol. The summed E-state index contributed by atoms with van der Waals surface area (Å²) in [5.74, 6) is 1.02. The molecule has 0 bridgehead atoms. The molecule has 0 saturated heterocycles. The number of benzene rings is 2. The highest BCUT2D eigenvalue weighted by molar-refractivity contribution is 6.79. The average Bonchev–Trinajstić information content (AvgIpc) is 3.31. The van der Waals surface area contributed by atoms with E-state index in [2.05, 4.69) is 85.9 Å². The van der Waals surface area contributed by atoms with Gasteiger partial charge in [-0.25, -0.2) is 0 Å². The van der Waals surface area contributed by atoms with Gasteiger partial charge in [0.1, 0.15) is 0 Å². The molecule has 2 heteroatoms. The predicted octanol–water partition coefficient (Wildman–Crippen LogP) is 6.47. The molecule has 4 unspecified atom stereocenters. The van der Waals surface area contributed by atoms with Crippen LogP contribution in [0.25, 0.3) is 11.5 Å². The van der Waals surface area contributed by atoms with Crippen molar-refractivity contribution in [1.29, 1.82) is 0 Å². The zero-order chi connectivity index (χ0) is 19.0. The van der Waals surface area contributed by atoms with Crippen LogP contribution in [0.1, 0.15) is 83.9 Å². The van der Waals surface area contributed by atoms with Gasteiger partial charge in [-0.15, -0.1) is 6.58 Å². The Bertz CT molecular complexity index is 1060. The summed E-state index contributed by atoms with van der Waals surface area (Å²) in [6, 6.07) is 14.8. The Labute approximate surface area is 168 Å². The highest BCUT2D eigenvalue weighted by Crippen LogP contribution is 2.57. The van der Waals surface area contributed by atoms with Crippen LogP contribution in [0.15, 0.2) is 61.2 Å². The first-order valence-corrected chi connectivity index (χ1v) is 10.7. The summed E-state index contributed by atoms with van der Waals surface area (Å²) in [5.41, 5.74) is 10.8. The van der Waals surface area contributed by atoms with E-state index in [1.807, 2.05) is 0 Å². The Morgan fingerprint density at radius 3 is 2.64 bits per heavy atom. The lowest BCUT2D eigenvalue weighted by molar-refractivity contribution is 0.268. The molecule has 0 spiro atoms. The largest absolute Gasteiger partial charge is 0.325 e. The summed E-state index contributed by atoms with van der Waals surface area (Å²) in [6.45, 7) is 9.24. The summed E-state index contributed by atoms with van der Waals surface area (Å²) >= 11 is 0. The molecular weight excluding hydrogens is 337 g/mol. The molecule has 0 amide bonds. The molecule has 4 atom stereocenters. The molecule has 28 heavy (non-hydrogen) atoms. The predicted molar refractivity (Wildman–Crippen MR) is 119 cm³/mol. The summed E-state index contributed by atoms with van der Waals surface area (Å²) in [7, 11) is 0. The lowest BCUT2D eigenvalue weighted by atomic mass is 9.38. The highest BCUT2D eigenvalue weighted by atomic mass is 15.1. The lowest BCUT2D eigenvalue weighted by Gasteiger charge is -2.50. The molecule has 2 heterocycles. The monoisotopic (exact) mass is 363 g/mol. The van der Waals surface area contributed by atoms with Crippen molar-refractivity contribution >= 4 is 18.4 Å². The lowest BCUT2D eigenvalue weighted by Crippen LogP contribution is -2.52. The summed E-state index contributed by atoms with van der Waals surface area (Å²) < 4.78 is 0. The van der Waals surface area contributed by atoms with Gasteiger partial charge in [-0.2, -0.15) is 0 Å². The SMILES string of the molecule is C=CCCC1C=C2B3C4C=Cc5cccc(c54)C(C)N3C(C)c3cccc1c32. The zero-order valence-corrected chi connectivity index (χ0v) is 16.7. The molecule has 0 fully saturated rings. The standard InChI is InChI=1S/C26H26BN/c1-4-5-8-19-15-24-26-21(11-7-12-22(19)26)17(3)28-16(2)20-10-6-9-18-13-14-23(25(18)20)27(24)28/h4,6-7,9-17,19,23H,1,5,8H2,2-3H3. The fraction of sp³-hybridized carbons (Fsp3) is 0.308. The molecular formula is C26H26BN. The first-order chi connectivity index (χ1) is 13.7. The number of allylic oxidation sites excluding steroid dienone is 3. The third-order valence-electron chi connectivity index (χ3n) is 7.64. The number of hydrogen-bond acceptors (Lipinski definition) is 1. The number of nitrogens with zero attached hydrogens (tertiary/aromatic N) is 1. The van der Waals surface area contributed by atoms with Gasteiger partial charge in [-0.05, 0) is 60.1 Å². The maximum Gasteiger partial charge on any atom is 0.270 e. The number of rotatable bonds is 3. The minimum atomic E-state index is 0.441. The van der Waals surface area contributed by atoms with Crippen LogP contribution in [0.5, 0.6) is 0 Å².